The predicted octanol–water partition coefficient (Wildman–Crippen LogP) is 2.15. The van der Waals surface area contributed by atoms with E-state index in [4.69, 9.17) is 14.6 Å². The van der Waals surface area contributed by atoms with Gasteiger partial charge >= 0.3 is 5.97 Å². The van der Waals surface area contributed by atoms with E-state index in [-0.39, 0.29) is 31.8 Å². The summed E-state index contributed by atoms with van der Waals surface area (Å²) in [6, 6.07) is 7.12. The second kappa shape index (κ2) is 11.0. The van der Waals surface area contributed by atoms with Gasteiger partial charge in [0.15, 0.2) is 11.6 Å². The Labute approximate surface area is 163 Å². The van der Waals surface area contributed by atoms with Crippen LogP contribution in [0.25, 0.3) is 0 Å². The third-order valence-corrected chi connectivity index (χ3v) is 3.79. The van der Waals surface area contributed by atoms with E-state index < -0.39 is 5.97 Å². The monoisotopic (exact) mass is 390 g/mol. The highest BCUT2D eigenvalue weighted by molar-refractivity contribution is 5.79. The second-order valence-electron chi connectivity index (χ2n) is 6.81. The van der Waals surface area contributed by atoms with Crippen LogP contribution < -0.4 is 9.47 Å². The number of carboxylic acid groups (broad SMARTS) is 1. The zero-order chi connectivity index (χ0) is 20.4. The topological polar surface area (TPSA) is 116 Å². The van der Waals surface area contributed by atoms with E-state index >= 15 is 0 Å². The summed E-state index contributed by atoms with van der Waals surface area (Å²) in [5.41, 5.74) is 0. The lowest BCUT2D eigenvalue weighted by Gasteiger charge is -2.09. The molecule has 0 aliphatic heterocycles. The van der Waals surface area contributed by atoms with Gasteiger partial charge in [0.2, 0.25) is 0 Å². The van der Waals surface area contributed by atoms with Crippen molar-refractivity contribution in [2.45, 2.75) is 46.1 Å². The molecule has 0 saturated heterocycles. The third kappa shape index (κ3) is 8.15. The highest BCUT2D eigenvalue weighted by Gasteiger charge is 2.10. The number of aromatic nitrogens is 4. The van der Waals surface area contributed by atoms with E-state index in [1.54, 1.807) is 12.1 Å². The number of tetrazole rings is 1. The maximum Gasteiger partial charge on any atom is 0.303 e. The minimum atomic E-state index is -0.937. The average molecular weight is 390 g/mol. The number of ether oxygens (including phenoxy) is 2. The van der Waals surface area contributed by atoms with Gasteiger partial charge in [0.25, 0.3) is 0 Å². The molecule has 2 aromatic rings. The van der Waals surface area contributed by atoms with Gasteiger partial charge in [0.05, 0.1) is 13.0 Å². The third-order valence-electron chi connectivity index (χ3n) is 3.79. The van der Waals surface area contributed by atoms with Crippen molar-refractivity contribution >= 4 is 11.8 Å². The van der Waals surface area contributed by atoms with Crippen molar-refractivity contribution in [1.82, 2.24) is 20.2 Å². The molecular weight excluding hydrogens is 364 g/mol. The first kappa shape index (κ1) is 21.3. The van der Waals surface area contributed by atoms with Gasteiger partial charge in [-0.05, 0) is 48.2 Å². The first-order chi connectivity index (χ1) is 13.4. The van der Waals surface area contributed by atoms with Crippen molar-refractivity contribution in [3.05, 3.63) is 30.1 Å². The Morgan fingerprint density at radius 1 is 1.14 bits per heavy atom. The number of ketones is 1. The lowest BCUT2D eigenvalue weighted by molar-refractivity contribution is -0.137. The summed E-state index contributed by atoms with van der Waals surface area (Å²) in [7, 11) is 0. The number of hydrogen-bond donors (Lipinski definition) is 1. The summed E-state index contributed by atoms with van der Waals surface area (Å²) in [6.45, 7) is 4.84. The number of Topliss-reactive ketones (excluding diaryl/α,β-unsaturated/α-hetero) is 1. The Morgan fingerprint density at radius 3 is 2.46 bits per heavy atom. The molecule has 0 amide bonds. The van der Waals surface area contributed by atoms with Gasteiger partial charge in [-0.15, -0.1) is 10.2 Å². The summed E-state index contributed by atoms with van der Waals surface area (Å²) in [6.07, 6.45) is 2.23. The number of rotatable bonds is 13. The molecule has 1 aromatic heterocycles. The number of aliphatic carboxylic acids is 1. The Morgan fingerprint density at radius 2 is 1.82 bits per heavy atom. The summed E-state index contributed by atoms with van der Waals surface area (Å²) < 4.78 is 11.1. The number of carbonyl (C=O) groups excluding carboxylic acids is 1. The minimum Gasteiger partial charge on any atom is -0.494 e. The molecule has 0 fully saturated rings. The number of nitrogens with zero attached hydrogens (tertiary/aromatic N) is 4. The summed E-state index contributed by atoms with van der Waals surface area (Å²) in [5, 5.41) is 20.1. The van der Waals surface area contributed by atoms with Crippen LogP contribution in [0.5, 0.6) is 11.5 Å². The van der Waals surface area contributed by atoms with Crippen LogP contribution in [0.4, 0.5) is 0 Å². The maximum atomic E-state index is 12.0. The number of carboxylic acids is 1. The van der Waals surface area contributed by atoms with Crippen molar-refractivity contribution in [3.63, 3.8) is 0 Å². The van der Waals surface area contributed by atoms with Gasteiger partial charge in [0.1, 0.15) is 24.7 Å². The van der Waals surface area contributed by atoms with Crippen LogP contribution in [-0.2, 0) is 22.6 Å². The molecule has 0 aliphatic rings. The van der Waals surface area contributed by atoms with E-state index in [1.807, 2.05) is 12.1 Å². The molecule has 0 radical (unpaired) electrons. The minimum absolute atomic E-state index is 0.0831. The van der Waals surface area contributed by atoms with Crippen molar-refractivity contribution in [1.29, 1.82) is 0 Å². The highest BCUT2D eigenvalue weighted by Crippen LogP contribution is 2.18. The Balaban J connectivity index is 1.70. The SMILES string of the molecule is CC(C)CCCOc1ccc(OCC(=O)Cn2nnc(CCC(=O)O)n2)cc1. The molecule has 0 bridgehead atoms. The molecule has 0 spiro atoms. The first-order valence-corrected chi connectivity index (χ1v) is 9.28. The van der Waals surface area contributed by atoms with Gasteiger partial charge in [-0.1, -0.05) is 13.8 Å². The molecule has 0 atom stereocenters. The number of hydrogen-bond acceptors (Lipinski definition) is 7. The van der Waals surface area contributed by atoms with Crippen LogP contribution >= 0.6 is 0 Å². The maximum absolute atomic E-state index is 12.0. The van der Waals surface area contributed by atoms with Gasteiger partial charge in [0, 0.05) is 6.42 Å². The zero-order valence-electron chi connectivity index (χ0n) is 16.2. The number of aryl methyl sites for hydroxylation is 1. The Bertz CT molecular complexity index is 758. The fraction of sp³-hybridized carbons (Fsp3) is 0.526. The fourth-order valence-electron chi connectivity index (χ4n) is 2.34. The smallest absolute Gasteiger partial charge is 0.303 e. The van der Waals surface area contributed by atoms with Crippen LogP contribution in [0.3, 0.4) is 0 Å². The van der Waals surface area contributed by atoms with Crippen molar-refractivity contribution in [3.8, 4) is 11.5 Å². The van der Waals surface area contributed by atoms with Crippen LogP contribution in [0.2, 0.25) is 0 Å². The highest BCUT2D eigenvalue weighted by atomic mass is 16.5. The van der Waals surface area contributed by atoms with Crippen LogP contribution in [-0.4, -0.2) is 50.3 Å². The van der Waals surface area contributed by atoms with E-state index in [0.29, 0.717) is 24.1 Å². The molecule has 0 unspecified atom stereocenters. The largest absolute Gasteiger partial charge is 0.494 e. The lowest BCUT2D eigenvalue weighted by Crippen LogP contribution is -2.19. The van der Waals surface area contributed by atoms with E-state index in [2.05, 4.69) is 29.3 Å². The molecule has 0 saturated carbocycles. The quantitative estimate of drug-likeness (QED) is 0.517. The fourth-order valence-corrected chi connectivity index (χ4v) is 2.34. The molecule has 1 aromatic carbocycles. The van der Waals surface area contributed by atoms with E-state index in [0.717, 1.165) is 23.4 Å². The van der Waals surface area contributed by atoms with Crippen molar-refractivity contribution in [2.75, 3.05) is 13.2 Å². The molecular formula is C19H26N4O5. The Kier molecular flexibility index (Phi) is 8.38. The van der Waals surface area contributed by atoms with Crippen LogP contribution in [0.15, 0.2) is 24.3 Å². The predicted molar refractivity (Wildman–Crippen MR) is 100 cm³/mol. The van der Waals surface area contributed by atoms with Crippen molar-refractivity contribution < 1.29 is 24.2 Å². The van der Waals surface area contributed by atoms with E-state index in [1.165, 1.54) is 0 Å². The molecule has 28 heavy (non-hydrogen) atoms. The van der Waals surface area contributed by atoms with Gasteiger partial charge in [-0.25, -0.2) is 0 Å². The molecule has 2 rings (SSSR count). The van der Waals surface area contributed by atoms with Crippen LogP contribution in [0.1, 0.15) is 38.9 Å². The molecule has 0 aliphatic carbocycles. The number of carbonyl (C=O) groups is 2. The molecule has 1 heterocycles. The standard InChI is InChI=1S/C19H26N4O5/c1-14(2)4-3-11-27-16-5-7-17(8-6-16)28-13-15(24)12-23-21-18(20-22-23)9-10-19(25)26/h5-8,14H,3-4,9-13H2,1-2H3,(H,25,26). The van der Waals surface area contributed by atoms with Gasteiger partial charge < -0.3 is 14.6 Å². The average Bonchev–Trinajstić information content (AvgIpc) is 3.10. The summed E-state index contributed by atoms with van der Waals surface area (Å²) >= 11 is 0. The molecule has 1 N–H and O–H groups in total. The first-order valence-electron chi connectivity index (χ1n) is 9.28. The van der Waals surface area contributed by atoms with Crippen molar-refractivity contribution in [2.24, 2.45) is 5.92 Å². The second-order valence-corrected chi connectivity index (χ2v) is 6.81. The zero-order valence-corrected chi connectivity index (χ0v) is 16.2. The lowest BCUT2D eigenvalue weighted by atomic mass is 10.1. The normalized spacial score (nSPS) is 10.8. The van der Waals surface area contributed by atoms with Gasteiger partial charge in [-0.2, -0.15) is 4.80 Å². The molecule has 152 valence electrons. The number of benzene rings is 1. The summed E-state index contributed by atoms with van der Waals surface area (Å²) in [5.74, 6) is 1.13. The molecule has 9 heteroatoms. The molecule has 9 nitrogen and oxygen atoms in total. The summed E-state index contributed by atoms with van der Waals surface area (Å²) in [4.78, 5) is 23.6. The Hall–Kier alpha value is -2.97. The van der Waals surface area contributed by atoms with Gasteiger partial charge in [-0.3, -0.25) is 9.59 Å². The van der Waals surface area contributed by atoms with Crippen LogP contribution in [0, 0.1) is 5.92 Å². The van der Waals surface area contributed by atoms with E-state index in [9.17, 15) is 9.59 Å².